The van der Waals surface area contributed by atoms with E-state index in [1.807, 2.05) is 44.2 Å². The first kappa shape index (κ1) is 18.3. The van der Waals surface area contributed by atoms with Crippen molar-refractivity contribution in [1.82, 2.24) is 0 Å². The lowest BCUT2D eigenvalue weighted by Gasteiger charge is -2.19. The Labute approximate surface area is 165 Å². The molecule has 1 N–H and O–H groups in total. The number of rotatable bonds is 6. The summed E-state index contributed by atoms with van der Waals surface area (Å²) >= 11 is 0. The molecule has 0 aliphatic rings. The number of aliphatic hydroxyl groups excluding tert-OH is 1. The third-order valence-corrected chi connectivity index (χ3v) is 4.97. The van der Waals surface area contributed by atoms with Crippen molar-refractivity contribution in [3.05, 3.63) is 72.3 Å². The number of fused-ring (bicyclic) bond motifs is 2. The second-order valence-electron chi connectivity index (χ2n) is 6.68. The fraction of sp³-hybridized carbons (Fsp3) is 0.200. The molecule has 3 heteroatoms. The first-order valence-electron chi connectivity index (χ1n) is 9.71. The second-order valence-corrected chi connectivity index (χ2v) is 6.68. The molecule has 0 saturated carbocycles. The summed E-state index contributed by atoms with van der Waals surface area (Å²) in [5.41, 5.74) is 2.97. The number of aliphatic hydroxyl groups is 1. The minimum Gasteiger partial charge on any atom is -0.493 e. The standard InChI is InChI=1S/C25H24O3/c1-3-27-22-13-10-18-7-5-6-8-20(18)24(22)25-21-12-9-17(16-26)15-19(21)11-14-23(25)28-4-2/h5-15,26H,3-4,16H2,1-2H3. The highest BCUT2D eigenvalue weighted by molar-refractivity contribution is 6.09. The first-order chi connectivity index (χ1) is 13.8. The van der Waals surface area contributed by atoms with Crippen LogP contribution in [-0.2, 0) is 6.61 Å². The van der Waals surface area contributed by atoms with Crippen LogP contribution in [0.1, 0.15) is 19.4 Å². The second kappa shape index (κ2) is 7.91. The predicted molar refractivity (Wildman–Crippen MR) is 115 cm³/mol. The summed E-state index contributed by atoms with van der Waals surface area (Å²) in [6.07, 6.45) is 0. The Kier molecular flexibility index (Phi) is 5.18. The van der Waals surface area contributed by atoms with E-state index < -0.39 is 0 Å². The molecule has 0 heterocycles. The van der Waals surface area contributed by atoms with Crippen LogP contribution < -0.4 is 9.47 Å². The van der Waals surface area contributed by atoms with Crippen LogP contribution >= 0.6 is 0 Å². The van der Waals surface area contributed by atoms with E-state index in [2.05, 4.69) is 36.4 Å². The van der Waals surface area contributed by atoms with Crippen molar-refractivity contribution in [3.8, 4) is 22.6 Å². The van der Waals surface area contributed by atoms with Crippen LogP contribution in [0.4, 0.5) is 0 Å². The van der Waals surface area contributed by atoms with Gasteiger partial charge in [0.05, 0.1) is 19.8 Å². The van der Waals surface area contributed by atoms with Gasteiger partial charge in [-0.15, -0.1) is 0 Å². The largest absolute Gasteiger partial charge is 0.493 e. The number of benzene rings is 4. The summed E-state index contributed by atoms with van der Waals surface area (Å²) < 4.78 is 12.1. The van der Waals surface area contributed by atoms with Crippen molar-refractivity contribution in [2.75, 3.05) is 13.2 Å². The van der Waals surface area contributed by atoms with Crippen LogP contribution in [0, 0.1) is 0 Å². The van der Waals surface area contributed by atoms with Gasteiger partial charge in [-0.1, -0.05) is 48.5 Å². The Morgan fingerprint density at radius 3 is 1.93 bits per heavy atom. The molecule has 0 aliphatic carbocycles. The lowest BCUT2D eigenvalue weighted by molar-refractivity contribution is 0.282. The topological polar surface area (TPSA) is 38.7 Å². The molecule has 0 aromatic heterocycles. The van der Waals surface area contributed by atoms with E-state index in [9.17, 15) is 5.11 Å². The Morgan fingerprint density at radius 2 is 1.29 bits per heavy atom. The molecule has 4 aromatic rings. The fourth-order valence-corrected chi connectivity index (χ4v) is 3.78. The average molecular weight is 372 g/mol. The van der Waals surface area contributed by atoms with Crippen molar-refractivity contribution < 1.29 is 14.6 Å². The minimum atomic E-state index is 0.0248. The predicted octanol–water partition coefficient (Wildman–Crippen LogP) is 5.95. The summed E-state index contributed by atoms with van der Waals surface area (Å²) in [5, 5.41) is 14.0. The van der Waals surface area contributed by atoms with Crippen LogP contribution in [0.3, 0.4) is 0 Å². The molecule has 0 spiro atoms. The molecular formula is C25H24O3. The van der Waals surface area contributed by atoms with E-state index in [1.54, 1.807) is 0 Å². The maximum atomic E-state index is 9.53. The van der Waals surface area contributed by atoms with Gasteiger partial charge in [0.25, 0.3) is 0 Å². The SMILES string of the molecule is CCOc1ccc2ccccc2c1-c1c(OCC)ccc2cc(CO)ccc12. The highest BCUT2D eigenvalue weighted by Gasteiger charge is 2.18. The van der Waals surface area contributed by atoms with Crippen LogP contribution in [0.25, 0.3) is 32.7 Å². The minimum absolute atomic E-state index is 0.0248. The molecular weight excluding hydrogens is 348 g/mol. The smallest absolute Gasteiger partial charge is 0.127 e. The van der Waals surface area contributed by atoms with Gasteiger partial charge in [0.2, 0.25) is 0 Å². The van der Waals surface area contributed by atoms with E-state index in [-0.39, 0.29) is 6.61 Å². The normalized spacial score (nSPS) is 11.1. The lowest BCUT2D eigenvalue weighted by Crippen LogP contribution is -1.99. The molecule has 4 rings (SSSR count). The average Bonchev–Trinajstić information content (AvgIpc) is 2.74. The number of hydrogen-bond donors (Lipinski definition) is 1. The van der Waals surface area contributed by atoms with Gasteiger partial charge in [-0.2, -0.15) is 0 Å². The van der Waals surface area contributed by atoms with Crippen LogP contribution in [-0.4, -0.2) is 18.3 Å². The molecule has 0 saturated heterocycles. The monoisotopic (exact) mass is 372 g/mol. The van der Waals surface area contributed by atoms with Gasteiger partial charge in [0.1, 0.15) is 11.5 Å². The maximum Gasteiger partial charge on any atom is 0.127 e. The van der Waals surface area contributed by atoms with Crippen LogP contribution in [0.15, 0.2) is 66.7 Å². The van der Waals surface area contributed by atoms with E-state index >= 15 is 0 Å². The lowest BCUT2D eigenvalue weighted by atomic mass is 9.91. The summed E-state index contributed by atoms with van der Waals surface area (Å²) in [4.78, 5) is 0. The maximum absolute atomic E-state index is 9.53. The molecule has 0 amide bonds. The van der Waals surface area contributed by atoms with Crippen molar-refractivity contribution in [2.45, 2.75) is 20.5 Å². The molecule has 0 radical (unpaired) electrons. The third-order valence-electron chi connectivity index (χ3n) is 4.97. The molecule has 28 heavy (non-hydrogen) atoms. The van der Waals surface area contributed by atoms with Gasteiger partial charge in [-0.05, 0) is 59.2 Å². The van der Waals surface area contributed by atoms with Crippen molar-refractivity contribution >= 4 is 21.5 Å². The van der Waals surface area contributed by atoms with Crippen molar-refractivity contribution in [3.63, 3.8) is 0 Å². The Balaban J connectivity index is 2.12. The number of hydrogen-bond acceptors (Lipinski definition) is 3. The zero-order valence-electron chi connectivity index (χ0n) is 16.2. The fourth-order valence-electron chi connectivity index (χ4n) is 3.78. The van der Waals surface area contributed by atoms with Gasteiger partial charge in [0, 0.05) is 11.1 Å². The zero-order chi connectivity index (χ0) is 19.5. The van der Waals surface area contributed by atoms with Gasteiger partial charge < -0.3 is 14.6 Å². The van der Waals surface area contributed by atoms with Gasteiger partial charge in [-0.3, -0.25) is 0 Å². The molecule has 3 nitrogen and oxygen atoms in total. The van der Waals surface area contributed by atoms with E-state index in [4.69, 9.17) is 9.47 Å². The zero-order valence-corrected chi connectivity index (χ0v) is 16.2. The molecule has 142 valence electrons. The van der Waals surface area contributed by atoms with Crippen molar-refractivity contribution in [1.29, 1.82) is 0 Å². The molecule has 4 aromatic carbocycles. The van der Waals surface area contributed by atoms with E-state index in [0.717, 1.165) is 49.7 Å². The first-order valence-corrected chi connectivity index (χ1v) is 9.71. The molecule has 0 atom stereocenters. The highest BCUT2D eigenvalue weighted by atomic mass is 16.5. The summed E-state index contributed by atoms with van der Waals surface area (Å²) in [6, 6.07) is 22.6. The third kappa shape index (κ3) is 3.19. The van der Waals surface area contributed by atoms with Gasteiger partial charge in [-0.25, -0.2) is 0 Å². The molecule has 0 fully saturated rings. The van der Waals surface area contributed by atoms with Crippen molar-refractivity contribution in [2.24, 2.45) is 0 Å². The molecule has 0 bridgehead atoms. The molecule has 0 unspecified atom stereocenters. The summed E-state index contributed by atoms with van der Waals surface area (Å²) in [7, 11) is 0. The summed E-state index contributed by atoms with van der Waals surface area (Å²) in [6.45, 7) is 5.20. The number of ether oxygens (including phenoxy) is 2. The van der Waals surface area contributed by atoms with Crippen LogP contribution in [0.2, 0.25) is 0 Å². The Bertz CT molecular complexity index is 1130. The van der Waals surface area contributed by atoms with Gasteiger partial charge >= 0.3 is 0 Å². The summed E-state index contributed by atoms with van der Waals surface area (Å²) in [5.74, 6) is 1.69. The molecule has 0 aliphatic heterocycles. The quantitative estimate of drug-likeness (QED) is 0.454. The Morgan fingerprint density at radius 1 is 0.679 bits per heavy atom. The van der Waals surface area contributed by atoms with E-state index in [0.29, 0.717) is 13.2 Å². The van der Waals surface area contributed by atoms with E-state index in [1.165, 1.54) is 0 Å². The Hall–Kier alpha value is -3.04. The van der Waals surface area contributed by atoms with Crippen LogP contribution in [0.5, 0.6) is 11.5 Å². The highest BCUT2D eigenvalue weighted by Crippen LogP contribution is 2.45. The van der Waals surface area contributed by atoms with Gasteiger partial charge in [0.15, 0.2) is 0 Å².